The van der Waals surface area contributed by atoms with E-state index in [9.17, 15) is 9.18 Å². The first kappa shape index (κ1) is 15.3. The van der Waals surface area contributed by atoms with E-state index in [4.69, 9.17) is 11.5 Å². The van der Waals surface area contributed by atoms with Crippen molar-refractivity contribution in [3.05, 3.63) is 45.9 Å². The molecular formula is C15H18FN3OS. The van der Waals surface area contributed by atoms with E-state index in [1.807, 2.05) is 31.4 Å². The van der Waals surface area contributed by atoms with Crippen molar-refractivity contribution in [3.63, 3.8) is 0 Å². The Morgan fingerprint density at radius 2 is 2.10 bits per heavy atom. The van der Waals surface area contributed by atoms with Crippen molar-refractivity contribution in [1.82, 2.24) is 0 Å². The van der Waals surface area contributed by atoms with E-state index >= 15 is 0 Å². The fourth-order valence-corrected chi connectivity index (χ4v) is 3.06. The fourth-order valence-electron chi connectivity index (χ4n) is 2.11. The van der Waals surface area contributed by atoms with Crippen LogP contribution in [0.4, 0.5) is 15.8 Å². The second kappa shape index (κ2) is 6.13. The molecule has 1 aromatic heterocycles. The van der Waals surface area contributed by atoms with Gasteiger partial charge in [-0.1, -0.05) is 19.9 Å². The lowest BCUT2D eigenvalue weighted by atomic mass is 10.0. The highest BCUT2D eigenvalue weighted by atomic mass is 32.1. The number of nitrogens with two attached hydrogens (primary N) is 2. The van der Waals surface area contributed by atoms with E-state index in [1.54, 1.807) is 11.3 Å². The summed E-state index contributed by atoms with van der Waals surface area (Å²) in [5.41, 5.74) is 11.3. The number of amides is 1. The molecule has 0 aliphatic heterocycles. The van der Waals surface area contributed by atoms with Crippen molar-refractivity contribution in [3.8, 4) is 0 Å². The van der Waals surface area contributed by atoms with Gasteiger partial charge in [-0.25, -0.2) is 4.39 Å². The first-order chi connectivity index (χ1) is 9.90. The Kier molecular flexibility index (Phi) is 4.47. The van der Waals surface area contributed by atoms with Crippen LogP contribution in [0, 0.1) is 11.7 Å². The Morgan fingerprint density at radius 3 is 2.62 bits per heavy atom. The maximum Gasteiger partial charge on any atom is 0.250 e. The monoisotopic (exact) mass is 307 g/mol. The molecule has 0 aliphatic carbocycles. The molecule has 0 saturated carbocycles. The normalized spacial score (nSPS) is 12.4. The number of benzene rings is 1. The molecule has 1 unspecified atom stereocenters. The number of nitrogen functional groups attached to an aromatic ring is 1. The summed E-state index contributed by atoms with van der Waals surface area (Å²) in [6, 6.07) is 6.38. The average Bonchev–Trinajstić information content (AvgIpc) is 2.90. The number of thiophene rings is 1. The summed E-state index contributed by atoms with van der Waals surface area (Å²) in [5, 5.41) is 5.12. The molecule has 6 heteroatoms. The van der Waals surface area contributed by atoms with Gasteiger partial charge in [0.2, 0.25) is 0 Å². The summed E-state index contributed by atoms with van der Waals surface area (Å²) >= 11 is 1.60. The van der Waals surface area contributed by atoms with E-state index < -0.39 is 11.7 Å². The number of primary amides is 1. The highest BCUT2D eigenvalue weighted by Crippen LogP contribution is 2.32. The molecule has 1 aromatic carbocycles. The topological polar surface area (TPSA) is 81.1 Å². The zero-order valence-corrected chi connectivity index (χ0v) is 12.7. The van der Waals surface area contributed by atoms with Crippen LogP contribution in [0.15, 0.2) is 29.6 Å². The van der Waals surface area contributed by atoms with Gasteiger partial charge >= 0.3 is 0 Å². The molecule has 0 saturated heterocycles. The van der Waals surface area contributed by atoms with Gasteiger partial charge in [0.25, 0.3) is 5.91 Å². The van der Waals surface area contributed by atoms with Crippen LogP contribution >= 0.6 is 11.3 Å². The van der Waals surface area contributed by atoms with Crippen molar-refractivity contribution >= 4 is 28.6 Å². The first-order valence-corrected chi connectivity index (χ1v) is 7.47. The van der Waals surface area contributed by atoms with Gasteiger partial charge in [-0.05, 0) is 29.5 Å². The molecule has 0 aliphatic rings. The van der Waals surface area contributed by atoms with Gasteiger partial charge in [-0.15, -0.1) is 11.3 Å². The Bertz CT molecular complexity index is 641. The number of halogens is 1. The summed E-state index contributed by atoms with van der Waals surface area (Å²) in [6.45, 7) is 4.09. The van der Waals surface area contributed by atoms with Crippen molar-refractivity contribution in [1.29, 1.82) is 0 Å². The number of anilines is 2. The van der Waals surface area contributed by atoms with Crippen LogP contribution < -0.4 is 16.8 Å². The molecule has 0 bridgehead atoms. The Hall–Kier alpha value is -2.08. The molecule has 0 spiro atoms. The molecular weight excluding hydrogens is 289 g/mol. The van der Waals surface area contributed by atoms with Crippen molar-refractivity contribution in [2.45, 2.75) is 19.9 Å². The predicted octanol–water partition coefficient (Wildman–Crippen LogP) is 3.38. The van der Waals surface area contributed by atoms with Gasteiger partial charge in [-0.3, -0.25) is 4.79 Å². The van der Waals surface area contributed by atoms with Gasteiger partial charge in [-0.2, -0.15) is 0 Å². The largest absolute Gasteiger partial charge is 0.398 e. The predicted molar refractivity (Wildman–Crippen MR) is 84.9 cm³/mol. The molecule has 112 valence electrons. The van der Waals surface area contributed by atoms with E-state index in [1.165, 1.54) is 6.07 Å². The van der Waals surface area contributed by atoms with Gasteiger partial charge < -0.3 is 16.8 Å². The van der Waals surface area contributed by atoms with E-state index in [0.717, 1.165) is 10.9 Å². The summed E-state index contributed by atoms with van der Waals surface area (Å²) in [4.78, 5) is 12.4. The van der Waals surface area contributed by atoms with Crippen molar-refractivity contribution < 1.29 is 9.18 Å². The lowest BCUT2D eigenvalue weighted by molar-refractivity contribution is 0.100. The van der Waals surface area contributed by atoms with E-state index in [0.29, 0.717) is 0 Å². The third-order valence-corrected chi connectivity index (χ3v) is 4.19. The molecule has 1 atom stereocenters. The molecule has 1 amide bonds. The smallest absolute Gasteiger partial charge is 0.250 e. The maximum absolute atomic E-state index is 14.1. The fraction of sp³-hybridized carbons (Fsp3) is 0.267. The van der Waals surface area contributed by atoms with Gasteiger partial charge in [0.05, 0.1) is 17.3 Å². The van der Waals surface area contributed by atoms with E-state index in [-0.39, 0.29) is 28.9 Å². The highest BCUT2D eigenvalue weighted by molar-refractivity contribution is 7.10. The van der Waals surface area contributed by atoms with Gasteiger partial charge in [0, 0.05) is 10.6 Å². The van der Waals surface area contributed by atoms with Crippen LogP contribution in [0.2, 0.25) is 0 Å². The third-order valence-electron chi connectivity index (χ3n) is 3.23. The Balaban J connectivity index is 2.37. The zero-order chi connectivity index (χ0) is 15.6. The molecule has 0 radical (unpaired) electrons. The van der Waals surface area contributed by atoms with Crippen LogP contribution in [0.5, 0.6) is 0 Å². The SMILES string of the molecule is CC(C)C(Nc1cc(C(N)=O)c(N)cc1F)c1cccs1. The number of carbonyl (C=O) groups excluding carboxylic acids is 1. The second-order valence-corrected chi connectivity index (χ2v) is 6.14. The number of hydrogen-bond acceptors (Lipinski definition) is 4. The van der Waals surface area contributed by atoms with E-state index in [2.05, 4.69) is 5.32 Å². The van der Waals surface area contributed by atoms with Gasteiger partial charge in [0.15, 0.2) is 0 Å². The summed E-state index contributed by atoms with van der Waals surface area (Å²) in [7, 11) is 0. The number of rotatable bonds is 5. The lowest BCUT2D eigenvalue weighted by Crippen LogP contribution is -2.18. The minimum absolute atomic E-state index is 0.0442. The standard InChI is InChI=1S/C15H18FN3OS/c1-8(2)14(13-4-3-5-21-13)19-12-6-9(15(18)20)11(17)7-10(12)16/h3-8,14,19H,17H2,1-2H3,(H2,18,20). The van der Waals surface area contributed by atoms with Crippen molar-refractivity contribution in [2.24, 2.45) is 11.7 Å². The van der Waals surface area contributed by atoms with Crippen LogP contribution in [-0.4, -0.2) is 5.91 Å². The molecule has 0 fully saturated rings. The summed E-state index contributed by atoms with van der Waals surface area (Å²) in [5.74, 6) is -0.926. The maximum atomic E-state index is 14.1. The minimum atomic E-state index is -0.673. The Labute approximate surface area is 127 Å². The Morgan fingerprint density at radius 1 is 1.38 bits per heavy atom. The molecule has 4 nitrogen and oxygen atoms in total. The zero-order valence-electron chi connectivity index (χ0n) is 11.9. The second-order valence-electron chi connectivity index (χ2n) is 5.17. The molecule has 2 aromatic rings. The lowest BCUT2D eigenvalue weighted by Gasteiger charge is -2.23. The summed E-state index contributed by atoms with van der Waals surface area (Å²) < 4.78 is 14.1. The first-order valence-electron chi connectivity index (χ1n) is 6.59. The number of carbonyl (C=O) groups is 1. The molecule has 21 heavy (non-hydrogen) atoms. The average molecular weight is 307 g/mol. The van der Waals surface area contributed by atoms with Crippen LogP contribution in [0.1, 0.15) is 35.1 Å². The minimum Gasteiger partial charge on any atom is -0.398 e. The summed E-state index contributed by atoms with van der Waals surface area (Å²) in [6.07, 6.45) is 0. The molecule has 1 heterocycles. The van der Waals surface area contributed by atoms with Crippen molar-refractivity contribution in [2.75, 3.05) is 11.1 Å². The molecule has 5 N–H and O–H groups in total. The van der Waals surface area contributed by atoms with Crippen LogP contribution in [0.25, 0.3) is 0 Å². The molecule has 2 rings (SSSR count). The third kappa shape index (κ3) is 3.33. The van der Waals surface area contributed by atoms with Gasteiger partial charge in [0.1, 0.15) is 5.82 Å². The quantitative estimate of drug-likeness (QED) is 0.741. The van der Waals surface area contributed by atoms with Crippen LogP contribution in [-0.2, 0) is 0 Å². The van der Waals surface area contributed by atoms with Crippen LogP contribution in [0.3, 0.4) is 0 Å². The highest BCUT2D eigenvalue weighted by Gasteiger charge is 2.20. The number of hydrogen-bond donors (Lipinski definition) is 3. The number of nitrogens with one attached hydrogen (secondary N) is 1.